The molecule has 0 bridgehead atoms. The molecule has 0 atom stereocenters. The molecular formula is C15H13FN2O. The first kappa shape index (κ1) is 13.1. The van der Waals surface area contributed by atoms with Crippen LogP contribution in [-0.2, 0) is 6.54 Å². The summed E-state index contributed by atoms with van der Waals surface area (Å²) in [5.74, 6) is 0.555. The SMILES string of the molecule is CNCc1ccccc1Oc1ccc(F)cc1C#N. The molecule has 2 rings (SSSR count). The maximum absolute atomic E-state index is 13.1. The van der Waals surface area contributed by atoms with Gasteiger partial charge in [-0.05, 0) is 31.3 Å². The number of nitrogens with one attached hydrogen (secondary N) is 1. The van der Waals surface area contributed by atoms with E-state index >= 15 is 0 Å². The Morgan fingerprint density at radius 1 is 1.21 bits per heavy atom. The van der Waals surface area contributed by atoms with Crippen molar-refractivity contribution in [3.8, 4) is 17.6 Å². The number of ether oxygens (including phenoxy) is 1. The lowest BCUT2D eigenvalue weighted by atomic mass is 10.2. The molecule has 4 heteroatoms. The first-order chi connectivity index (χ1) is 9.24. The molecule has 96 valence electrons. The van der Waals surface area contributed by atoms with Gasteiger partial charge in [-0.25, -0.2) is 4.39 Å². The number of nitriles is 1. The number of halogens is 1. The molecule has 2 aromatic rings. The maximum atomic E-state index is 13.1. The summed E-state index contributed by atoms with van der Waals surface area (Å²) in [4.78, 5) is 0. The Balaban J connectivity index is 2.34. The molecule has 0 spiro atoms. The molecule has 0 fully saturated rings. The average molecular weight is 256 g/mol. The van der Waals surface area contributed by atoms with Crippen LogP contribution in [0.5, 0.6) is 11.5 Å². The zero-order chi connectivity index (χ0) is 13.7. The minimum Gasteiger partial charge on any atom is -0.456 e. The topological polar surface area (TPSA) is 45.0 Å². The Hall–Kier alpha value is -2.38. The second-order valence-electron chi connectivity index (χ2n) is 3.99. The van der Waals surface area contributed by atoms with Crippen molar-refractivity contribution in [2.45, 2.75) is 6.54 Å². The third-order valence-electron chi connectivity index (χ3n) is 2.62. The molecule has 0 heterocycles. The van der Waals surface area contributed by atoms with Crippen LogP contribution in [0.4, 0.5) is 4.39 Å². The fourth-order valence-electron chi connectivity index (χ4n) is 1.74. The first-order valence-electron chi connectivity index (χ1n) is 5.84. The van der Waals surface area contributed by atoms with Crippen LogP contribution in [0, 0.1) is 17.1 Å². The number of nitrogens with zero attached hydrogens (tertiary/aromatic N) is 1. The van der Waals surface area contributed by atoms with Gasteiger partial charge in [0.15, 0.2) is 0 Å². The average Bonchev–Trinajstić information content (AvgIpc) is 2.43. The molecule has 0 radical (unpaired) electrons. The van der Waals surface area contributed by atoms with Crippen molar-refractivity contribution in [1.82, 2.24) is 5.32 Å². The van der Waals surface area contributed by atoms with E-state index in [4.69, 9.17) is 10.00 Å². The Labute approximate surface area is 111 Å². The van der Waals surface area contributed by atoms with E-state index in [1.54, 1.807) is 0 Å². The number of rotatable bonds is 4. The lowest BCUT2D eigenvalue weighted by Crippen LogP contribution is -2.06. The zero-order valence-corrected chi connectivity index (χ0v) is 10.5. The second kappa shape index (κ2) is 5.98. The third-order valence-corrected chi connectivity index (χ3v) is 2.62. The van der Waals surface area contributed by atoms with Gasteiger partial charge in [-0.3, -0.25) is 0 Å². The minimum absolute atomic E-state index is 0.180. The Kier molecular flexibility index (Phi) is 4.11. The molecule has 0 aliphatic rings. The van der Waals surface area contributed by atoms with Crippen molar-refractivity contribution in [3.05, 3.63) is 59.4 Å². The molecule has 0 aromatic heterocycles. The molecule has 19 heavy (non-hydrogen) atoms. The van der Waals surface area contributed by atoms with Crippen LogP contribution in [-0.4, -0.2) is 7.05 Å². The Morgan fingerprint density at radius 2 is 2.00 bits per heavy atom. The molecule has 0 aliphatic carbocycles. The van der Waals surface area contributed by atoms with Crippen molar-refractivity contribution in [2.75, 3.05) is 7.05 Å². The van der Waals surface area contributed by atoms with Gasteiger partial charge in [0.2, 0.25) is 0 Å². The highest BCUT2D eigenvalue weighted by Crippen LogP contribution is 2.28. The monoisotopic (exact) mass is 256 g/mol. The molecule has 1 N–H and O–H groups in total. The molecule has 3 nitrogen and oxygen atoms in total. The zero-order valence-electron chi connectivity index (χ0n) is 10.5. The Morgan fingerprint density at radius 3 is 2.74 bits per heavy atom. The van der Waals surface area contributed by atoms with Gasteiger partial charge in [0.05, 0.1) is 5.56 Å². The molecule has 0 aliphatic heterocycles. The fourth-order valence-corrected chi connectivity index (χ4v) is 1.74. The molecule has 0 saturated carbocycles. The van der Waals surface area contributed by atoms with Gasteiger partial charge in [-0.2, -0.15) is 5.26 Å². The van der Waals surface area contributed by atoms with E-state index in [1.807, 2.05) is 37.4 Å². The summed E-state index contributed by atoms with van der Waals surface area (Å²) < 4.78 is 18.8. The second-order valence-corrected chi connectivity index (χ2v) is 3.99. The van der Waals surface area contributed by atoms with Crippen molar-refractivity contribution < 1.29 is 9.13 Å². The fraction of sp³-hybridized carbons (Fsp3) is 0.133. The molecule has 0 amide bonds. The van der Waals surface area contributed by atoms with Crippen LogP contribution < -0.4 is 10.1 Å². The van der Waals surface area contributed by atoms with E-state index in [0.29, 0.717) is 18.0 Å². The highest BCUT2D eigenvalue weighted by atomic mass is 19.1. The lowest BCUT2D eigenvalue weighted by Gasteiger charge is -2.11. The van der Waals surface area contributed by atoms with Crippen molar-refractivity contribution >= 4 is 0 Å². The van der Waals surface area contributed by atoms with Gasteiger partial charge < -0.3 is 10.1 Å². The number of para-hydroxylation sites is 1. The van der Waals surface area contributed by atoms with E-state index in [0.717, 1.165) is 11.6 Å². The predicted octanol–water partition coefficient (Wildman–Crippen LogP) is 3.21. The highest BCUT2D eigenvalue weighted by molar-refractivity contribution is 5.46. The van der Waals surface area contributed by atoms with E-state index in [-0.39, 0.29) is 5.56 Å². The van der Waals surface area contributed by atoms with Crippen LogP contribution in [0.25, 0.3) is 0 Å². The molecule has 2 aromatic carbocycles. The maximum Gasteiger partial charge on any atom is 0.145 e. The quantitative estimate of drug-likeness (QED) is 0.913. The third kappa shape index (κ3) is 3.09. The molecule has 0 saturated heterocycles. The van der Waals surface area contributed by atoms with E-state index in [1.165, 1.54) is 12.1 Å². The summed E-state index contributed by atoms with van der Waals surface area (Å²) in [6.07, 6.45) is 0. The standard InChI is InChI=1S/C15H13FN2O/c1-18-10-11-4-2-3-5-14(11)19-15-7-6-13(16)8-12(15)9-17/h2-8,18H,10H2,1H3. The number of hydrogen-bond donors (Lipinski definition) is 1. The normalized spacial score (nSPS) is 9.95. The highest BCUT2D eigenvalue weighted by Gasteiger charge is 2.08. The van der Waals surface area contributed by atoms with Gasteiger partial charge in [-0.1, -0.05) is 18.2 Å². The number of benzene rings is 2. The van der Waals surface area contributed by atoms with Crippen molar-refractivity contribution in [3.63, 3.8) is 0 Å². The smallest absolute Gasteiger partial charge is 0.145 e. The van der Waals surface area contributed by atoms with E-state index in [2.05, 4.69) is 5.32 Å². The van der Waals surface area contributed by atoms with E-state index in [9.17, 15) is 4.39 Å². The lowest BCUT2D eigenvalue weighted by molar-refractivity contribution is 0.471. The van der Waals surface area contributed by atoms with Crippen LogP contribution in [0.2, 0.25) is 0 Å². The summed E-state index contributed by atoms with van der Waals surface area (Å²) in [5, 5.41) is 12.0. The Bertz CT molecular complexity index is 620. The van der Waals surface area contributed by atoms with Gasteiger partial charge in [0, 0.05) is 12.1 Å². The molecule has 0 unspecified atom stereocenters. The molecular weight excluding hydrogens is 243 g/mol. The van der Waals surface area contributed by atoms with Crippen molar-refractivity contribution in [2.24, 2.45) is 0 Å². The van der Waals surface area contributed by atoms with Crippen molar-refractivity contribution in [1.29, 1.82) is 5.26 Å². The van der Waals surface area contributed by atoms with Gasteiger partial charge in [0.1, 0.15) is 23.4 Å². The van der Waals surface area contributed by atoms with Crippen LogP contribution >= 0.6 is 0 Å². The number of hydrogen-bond acceptors (Lipinski definition) is 3. The first-order valence-corrected chi connectivity index (χ1v) is 5.84. The van der Waals surface area contributed by atoms with Crippen LogP contribution in [0.1, 0.15) is 11.1 Å². The van der Waals surface area contributed by atoms with Gasteiger partial charge in [0.25, 0.3) is 0 Å². The van der Waals surface area contributed by atoms with E-state index < -0.39 is 5.82 Å². The summed E-state index contributed by atoms with van der Waals surface area (Å²) in [7, 11) is 1.84. The van der Waals surface area contributed by atoms with Crippen LogP contribution in [0.3, 0.4) is 0 Å². The predicted molar refractivity (Wildman–Crippen MR) is 70.4 cm³/mol. The summed E-state index contributed by atoms with van der Waals surface area (Å²) in [6.45, 7) is 0.652. The van der Waals surface area contributed by atoms with Gasteiger partial charge >= 0.3 is 0 Å². The summed E-state index contributed by atoms with van der Waals surface area (Å²) in [5.41, 5.74) is 1.15. The van der Waals surface area contributed by atoms with Crippen LogP contribution in [0.15, 0.2) is 42.5 Å². The summed E-state index contributed by atoms with van der Waals surface area (Å²) in [6, 6.07) is 13.3. The van der Waals surface area contributed by atoms with Gasteiger partial charge in [-0.15, -0.1) is 0 Å². The largest absolute Gasteiger partial charge is 0.456 e. The summed E-state index contributed by atoms with van der Waals surface area (Å²) >= 11 is 0. The minimum atomic E-state index is -0.451.